The molecule has 142 valence electrons. The zero-order valence-electron chi connectivity index (χ0n) is 15.3. The number of aliphatic hydroxyl groups excluding tert-OH is 1. The topological polar surface area (TPSA) is 75.6 Å². The molecule has 2 rings (SSSR count). The number of aryl methyl sites for hydroxylation is 1. The van der Waals surface area contributed by atoms with Crippen LogP contribution in [0.3, 0.4) is 0 Å². The largest absolute Gasteiger partial charge is 0.491 e. The van der Waals surface area contributed by atoms with Crippen LogP contribution in [0.2, 0.25) is 0 Å². The summed E-state index contributed by atoms with van der Waals surface area (Å²) in [6.45, 7) is 4.78. The van der Waals surface area contributed by atoms with Gasteiger partial charge in [-0.1, -0.05) is 32.4 Å². The van der Waals surface area contributed by atoms with Crippen LogP contribution >= 0.6 is 0 Å². The van der Waals surface area contributed by atoms with Gasteiger partial charge in [-0.25, -0.2) is 8.42 Å². The number of benzene rings is 1. The Morgan fingerprint density at radius 3 is 2.48 bits per heavy atom. The van der Waals surface area contributed by atoms with Crippen LogP contribution in [0.15, 0.2) is 24.3 Å². The van der Waals surface area contributed by atoms with Gasteiger partial charge >= 0.3 is 0 Å². The molecular weight excluding hydrogens is 338 g/mol. The van der Waals surface area contributed by atoms with Crippen LogP contribution in [0.1, 0.15) is 38.7 Å². The summed E-state index contributed by atoms with van der Waals surface area (Å²) in [5, 5.41) is 13.0. The Balaban J connectivity index is 1.72. The van der Waals surface area contributed by atoms with Crippen molar-refractivity contribution in [1.29, 1.82) is 0 Å². The van der Waals surface area contributed by atoms with E-state index in [2.05, 4.69) is 5.32 Å². The third-order valence-electron chi connectivity index (χ3n) is 4.54. The fourth-order valence-electron chi connectivity index (χ4n) is 2.75. The molecule has 1 fully saturated rings. The zero-order valence-corrected chi connectivity index (χ0v) is 16.1. The molecule has 1 atom stereocenters. The minimum Gasteiger partial charge on any atom is -0.491 e. The summed E-state index contributed by atoms with van der Waals surface area (Å²) in [6.07, 6.45) is 3.27. The van der Waals surface area contributed by atoms with E-state index in [4.69, 9.17) is 4.74 Å². The molecular formula is C19H31NO4S. The van der Waals surface area contributed by atoms with Crippen molar-refractivity contribution in [3.63, 3.8) is 0 Å². The van der Waals surface area contributed by atoms with Crippen molar-refractivity contribution in [1.82, 2.24) is 5.32 Å². The standard InChI is InChI=1S/C19H31NO4S/c1-15(2)20-12-18(21)13-24-19-8-6-16(7-9-19)10-11-25(22,23)14-17-4-3-5-17/h6-9,15,17-18,20-21H,3-5,10-14H2,1-2H3. The highest BCUT2D eigenvalue weighted by molar-refractivity contribution is 7.91. The zero-order chi connectivity index (χ0) is 18.3. The molecule has 0 radical (unpaired) electrons. The molecule has 0 amide bonds. The first-order chi connectivity index (χ1) is 11.8. The molecule has 0 spiro atoms. The molecule has 1 saturated carbocycles. The number of nitrogens with one attached hydrogen (secondary N) is 1. The molecule has 2 N–H and O–H groups in total. The lowest BCUT2D eigenvalue weighted by Gasteiger charge is -2.24. The van der Waals surface area contributed by atoms with Crippen molar-refractivity contribution in [3.8, 4) is 5.75 Å². The quantitative estimate of drug-likeness (QED) is 0.625. The second-order valence-corrected chi connectivity index (χ2v) is 9.56. The first kappa shape index (κ1) is 20.2. The van der Waals surface area contributed by atoms with Gasteiger partial charge in [0, 0.05) is 12.6 Å². The van der Waals surface area contributed by atoms with E-state index in [1.165, 1.54) is 6.42 Å². The third kappa shape index (κ3) is 7.75. The SMILES string of the molecule is CC(C)NCC(O)COc1ccc(CCS(=O)(=O)CC2CCC2)cc1. The molecule has 0 heterocycles. The summed E-state index contributed by atoms with van der Waals surface area (Å²) in [5.41, 5.74) is 0.992. The van der Waals surface area contributed by atoms with Crippen LogP contribution in [0.4, 0.5) is 0 Å². The molecule has 0 saturated heterocycles. The third-order valence-corrected chi connectivity index (χ3v) is 6.35. The van der Waals surface area contributed by atoms with E-state index in [-0.39, 0.29) is 12.4 Å². The van der Waals surface area contributed by atoms with Crippen LogP contribution in [-0.4, -0.2) is 50.3 Å². The first-order valence-electron chi connectivity index (χ1n) is 9.17. The molecule has 1 aliphatic rings. The van der Waals surface area contributed by atoms with E-state index in [1.807, 2.05) is 38.1 Å². The smallest absolute Gasteiger partial charge is 0.150 e. The summed E-state index contributed by atoms with van der Waals surface area (Å²) in [5.74, 6) is 1.63. The Bertz CT molecular complexity index is 609. The Hall–Kier alpha value is -1.11. The Morgan fingerprint density at radius 2 is 1.92 bits per heavy atom. The van der Waals surface area contributed by atoms with Gasteiger partial charge in [0.25, 0.3) is 0 Å². The van der Waals surface area contributed by atoms with Gasteiger partial charge in [-0.15, -0.1) is 0 Å². The summed E-state index contributed by atoms with van der Waals surface area (Å²) in [7, 11) is -2.96. The van der Waals surface area contributed by atoms with Gasteiger partial charge in [-0.2, -0.15) is 0 Å². The Kier molecular flexibility index (Phi) is 7.72. The summed E-state index contributed by atoms with van der Waals surface area (Å²) < 4.78 is 29.8. The lowest BCUT2D eigenvalue weighted by atomic mass is 9.87. The number of aliphatic hydroxyl groups is 1. The van der Waals surface area contributed by atoms with Gasteiger partial charge in [0.1, 0.15) is 18.5 Å². The van der Waals surface area contributed by atoms with Gasteiger partial charge in [0.2, 0.25) is 0 Å². The number of hydrogen-bond acceptors (Lipinski definition) is 5. The van der Waals surface area contributed by atoms with E-state index < -0.39 is 15.9 Å². The van der Waals surface area contributed by atoms with Gasteiger partial charge in [-0.3, -0.25) is 0 Å². The number of rotatable bonds is 11. The molecule has 0 aromatic heterocycles. The summed E-state index contributed by atoms with van der Waals surface area (Å²) >= 11 is 0. The van der Waals surface area contributed by atoms with Gasteiger partial charge in [0.15, 0.2) is 9.84 Å². The maximum Gasteiger partial charge on any atom is 0.150 e. The molecule has 0 aliphatic heterocycles. The average Bonchev–Trinajstić information content (AvgIpc) is 2.54. The fourth-order valence-corrected chi connectivity index (χ4v) is 4.52. The highest BCUT2D eigenvalue weighted by Gasteiger charge is 2.24. The van der Waals surface area contributed by atoms with Crippen LogP contribution < -0.4 is 10.1 Å². The van der Waals surface area contributed by atoms with Crippen LogP contribution in [-0.2, 0) is 16.3 Å². The average molecular weight is 370 g/mol. The molecule has 0 bridgehead atoms. The Labute approximate surface area is 151 Å². The van der Waals surface area contributed by atoms with Crippen molar-refractivity contribution in [3.05, 3.63) is 29.8 Å². The second kappa shape index (κ2) is 9.55. The number of ether oxygens (including phenoxy) is 1. The van der Waals surface area contributed by atoms with Crippen LogP contribution in [0.5, 0.6) is 5.75 Å². The summed E-state index contributed by atoms with van der Waals surface area (Å²) in [6, 6.07) is 7.78. The monoisotopic (exact) mass is 369 g/mol. The first-order valence-corrected chi connectivity index (χ1v) is 11.0. The Morgan fingerprint density at radius 1 is 1.24 bits per heavy atom. The van der Waals surface area contributed by atoms with Crippen molar-refractivity contribution < 1.29 is 18.3 Å². The van der Waals surface area contributed by atoms with E-state index in [1.54, 1.807) is 0 Å². The maximum atomic E-state index is 12.1. The lowest BCUT2D eigenvalue weighted by Crippen LogP contribution is -2.35. The summed E-state index contributed by atoms with van der Waals surface area (Å²) in [4.78, 5) is 0. The molecule has 6 heteroatoms. The molecule has 25 heavy (non-hydrogen) atoms. The van der Waals surface area contributed by atoms with Gasteiger partial charge in [0.05, 0.1) is 11.5 Å². The van der Waals surface area contributed by atoms with Crippen molar-refractivity contribution in [2.75, 3.05) is 24.7 Å². The van der Waals surface area contributed by atoms with Gasteiger partial charge < -0.3 is 15.2 Å². The minimum atomic E-state index is -2.96. The predicted molar refractivity (Wildman–Crippen MR) is 101 cm³/mol. The van der Waals surface area contributed by atoms with E-state index in [0.717, 1.165) is 18.4 Å². The van der Waals surface area contributed by atoms with Gasteiger partial charge in [-0.05, 0) is 42.9 Å². The second-order valence-electron chi connectivity index (χ2n) is 7.33. The van der Waals surface area contributed by atoms with E-state index in [0.29, 0.717) is 36.4 Å². The highest BCUT2D eigenvalue weighted by Crippen LogP contribution is 2.28. The van der Waals surface area contributed by atoms with Crippen LogP contribution in [0.25, 0.3) is 0 Å². The predicted octanol–water partition coefficient (Wildman–Crippen LogP) is 2.18. The van der Waals surface area contributed by atoms with Crippen LogP contribution in [0, 0.1) is 5.92 Å². The van der Waals surface area contributed by atoms with E-state index >= 15 is 0 Å². The fraction of sp³-hybridized carbons (Fsp3) is 0.684. The lowest BCUT2D eigenvalue weighted by molar-refractivity contribution is 0.104. The van der Waals surface area contributed by atoms with Crippen molar-refractivity contribution >= 4 is 9.84 Å². The van der Waals surface area contributed by atoms with Crippen molar-refractivity contribution in [2.24, 2.45) is 5.92 Å². The molecule has 1 aromatic carbocycles. The van der Waals surface area contributed by atoms with Crippen molar-refractivity contribution in [2.45, 2.75) is 51.7 Å². The molecule has 5 nitrogen and oxygen atoms in total. The highest BCUT2D eigenvalue weighted by atomic mass is 32.2. The normalized spacial score (nSPS) is 16.6. The molecule has 1 unspecified atom stereocenters. The number of sulfone groups is 1. The molecule has 1 aliphatic carbocycles. The number of hydrogen-bond donors (Lipinski definition) is 2. The maximum absolute atomic E-state index is 12.1. The molecule has 1 aromatic rings. The van der Waals surface area contributed by atoms with E-state index in [9.17, 15) is 13.5 Å². The minimum absolute atomic E-state index is 0.212.